The molecule has 1 aliphatic heterocycles. The van der Waals surface area contributed by atoms with Crippen molar-refractivity contribution in [2.24, 2.45) is 4.99 Å². The van der Waals surface area contributed by atoms with Crippen LogP contribution in [0, 0.1) is 0 Å². The Labute approximate surface area is 261 Å². The quantitative estimate of drug-likeness (QED) is 0.288. The maximum atomic E-state index is 12.8. The molecule has 1 heterocycles. The predicted molar refractivity (Wildman–Crippen MR) is 183 cm³/mol. The third-order valence-electron chi connectivity index (χ3n) is 8.11. The molecule has 1 unspecified atom stereocenters. The van der Waals surface area contributed by atoms with Gasteiger partial charge in [-0.05, 0) is 107 Å². The van der Waals surface area contributed by atoms with Gasteiger partial charge in [-0.25, -0.2) is 14.8 Å². The molecule has 0 spiro atoms. The molecule has 0 saturated carbocycles. The summed E-state index contributed by atoms with van der Waals surface area (Å²) in [7, 11) is -0.587. The van der Waals surface area contributed by atoms with Crippen LogP contribution in [0.3, 0.4) is 0 Å². The standard InChI is InChI=1S/C36H51N3O3S/c1-9-37-33-32(18-20-39(33)26-41-21-22-43(6,7)8)27(2)29-15-12-16-31(23-29)36(25-38-34(40)42-35(3,4)5)19-17-28-13-10-11-14-30(28)24-36/h10-16,18,20,23H,9,17,19,21-22,24-26H2,1-8H3,(H,38,40)/b32-27+,37-33+. The number of carbonyl (C=O) groups is 1. The zero-order valence-electron chi connectivity index (χ0n) is 27.5. The molecule has 2 aliphatic rings. The van der Waals surface area contributed by atoms with Crippen LogP contribution in [0.2, 0.25) is 0 Å². The highest BCUT2D eigenvalue weighted by molar-refractivity contribution is 8.32. The summed E-state index contributed by atoms with van der Waals surface area (Å²) in [5, 5.41) is 3.12. The van der Waals surface area contributed by atoms with E-state index < -0.39 is 15.6 Å². The van der Waals surface area contributed by atoms with E-state index in [4.69, 9.17) is 14.5 Å². The smallest absolute Gasteiger partial charge is 0.407 e. The molecule has 1 atom stereocenters. The summed E-state index contributed by atoms with van der Waals surface area (Å²) in [4.78, 5) is 19.8. The minimum absolute atomic E-state index is 0.243. The lowest BCUT2D eigenvalue weighted by Crippen LogP contribution is -2.46. The third-order valence-corrected chi connectivity index (χ3v) is 9.51. The summed E-state index contributed by atoms with van der Waals surface area (Å²) < 4.78 is 11.7. The molecular weight excluding hydrogens is 554 g/mol. The van der Waals surface area contributed by atoms with E-state index in [0.29, 0.717) is 19.8 Å². The van der Waals surface area contributed by atoms with Crippen molar-refractivity contribution < 1.29 is 14.3 Å². The van der Waals surface area contributed by atoms with Crippen LogP contribution in [0.4, 0.5) is 4.79 Å². The topological polar surface area (TPSA) is 63.2 Å². The number of nitrogens with zero attached hydrogens (tertiary/aromatic N) is 2. The number of allylic oxidation sites excluding steroid dienone is 1. The van der Waals surface area contributed by atoms with Gasteiger partial charge in [-0.15, -0.1) is 0 Å². The third kappa shape index (κ3) is 8.76. The minimum atomic E-state index is -0.587. The Morgan fingerprint density at radius 3 is 2.53 bits per heavy atom. The normalized spacial score (nSPS) is 21.1. The average Bonchev–Trinajstić information content (AvgIpc) is 3.35. The molecule has 43 heavy (non-hydrogen) atoms. The summed E-state index contributed by atoms with van der Waals surface area (Å²) in [5.41, 5.74) is 6.66. The summed E-state index contributed by atoms with van der Waals surface area (Å²) in [5.74, 6) is 2.05. The van der Waals surface area contributed by atoms with Gasteiger partial charge in [-0.3, -0.25) is 4.99 Å². The van der Waals surface area contributed by atoms with Crippen LogP contribution >= 0.6 is 10.0 Å². The number of aliphatic imine (C=N–C) groups is 1. The van der Waals surface area contributed by atoms with E-state index >= 15 is 0 Å². The van der Waals surface area contributed by atoms with Crippen LogP contribution in [0.25, 0.3) is 5.57 Å². The number of amides is 1. The second-order valence-electron chi connectivity index (χ2n) is 13.6. The van der Waals surface area contributed by atoms with Gasteiger partial charge in [0.1, 0.15) is 18.2 Å². The van der Waals surface area contributed by atoms with Gasteiger partial charge >= 0.3 is 6.09 Å². The molecule has 1 amide bonds. The molecule has 0 aromatic heterocycles. The van der Waals surface area contributed by atoms with E-state index in [-0.39, 0.29) is 11.5 Å². The molecule has 1 N–H and O–H groups in total. The number of fused-ring (bicyclic) bond motifs is 1. The van der Waals surface area contributed by atoms with Crippen molar-refractivity contribution in [3.8, 4) is 0 Å². The van der Waals surface area contributed by atoms with Gasteiger partial charge in [0.15, 0.2) is 0 Å². The summed E-state index contributed by atoms with van der Waals surface area (Å²) in [6, 6.07) is 17.5. The number of nitrogens with one attached hydrogen (secondary N) is 1. The zero-order valence-corrected chi connectivity index (χ0v) is 28.3. The summed E-state index contributed by atoms with van der Waals surface area (Å²) in [6.45, 7) is 12.4. The lowest BCUT2D eigenvalue weighted by atomic mass is 9.67. The number of alkyl carbamates (subject to hydrolysis) is 1. The highest BCUT2D eigenvalue weighted by Crippen LogP contribution is 2.40. The zero-order chi connectivity index (χ0) is 31.3. The van der Waals surface area contributed by atoms with Crippen molar-refractivity contribution in [3.63, 3.8) is 0 Å². The molecule has 0 radical (unpaired) electrons. The lowest BCUT2D eigenvalue weighted by Gasteiger charge is -2.39. The second-order valence-corrected chi connectivity index (χ2v) is 18.2. The average molecular weight is 606 g/mol. The first-order valence-electron chi connectivity index (χ1n) is 15.4. The number of hydrogen-bond acceptors (Lipinski definition) is 4. The number of ether oxygens (including phenoxy) is 2. The van der Waals surface area contributed by atoms with E-state index in [1.807, 2.05) is 20.8 Å². The van der Waals surface area contributed by atoms with Gasteiger partial charge in [-0.1, -0.05) is 48.5 Å². The van der Waals surface area contributed by atoms with Crippen molar-refractivity contribution in [2.75, 3.05) is 50.9 Å². The van der Waals surface area contributed by atoms with Crippen molar-refractivity contribution in [2.45, 2.75) is 64.9 Å². The van der Waals surface area contributed by atoms with Gasteiger partial charge in [0, 0.05) is 36.0 Å². The number of benzene rings is 2. The number of aryl methyl sites for hydroxylation is 1. The molecular formula is C36H51N3O3S. The van der Waals surface area contributed by atoms with Crippen molar-refractivity contribution in [1.29, 1.82) is 0 Å². The summed E-state index contributed by atoms with van der Waals surface area (Å²) >= 11 is 0. The minimum Gasteiger partial charge on any atom is -0.444 e. The van der Waals surface area contributed by atoms with Crippen molar-refractivity contribution in [1.82, 2.24) is 10.2 Å². The maximum Gasteiger partial charge on any atom is 0.407 e. The molecule has 4 rings (SSSR count). The molecule has 0 fully saturated rings. The first-order chi connectivity index (χ1) is 20.3. The molecule has 0 saturated heterocycles. The van der Waals surface area contributed by atoms with E-state index in [9.17, 15) is 4.79 Å². The van der Waals surface area contributed by atoms with Gasteiger partial charge in [0.05, 0.1) is 6.61 Å². The molecule has 6 nitrogen and oxygen atoms in total. The number of amidine groups is 1. The van der Waals surface area contributed by atoms with E-state index in [0.717, 1.165) is 48.6 Å². The van der Waals surface area contributed by atoms with Gasteiger partial charge in [0.2, 0.25) is 0 Å². The van der Waals surface area contributed by atoms with E-state index in [1.165, 1.54) is 22.3 Å². The second kappa shape index (κ2) is 13.7. The first-order valence-corrected chi connectivity index (χ1v) is 18.4. The van der Waals surface area contributed by atoms with Crippen molar-refractivity contribution >= 4 is 27.5 Å². The van der Waals surface area contributed by atoms with Gasteiger partial charge < -0.3 is 19.7 Å². The largest absolute Gasteiger partial charge is 0.444 e. The Bertz CT molecular complexity index is 1380. The number of carbonyl (C=O) groups excluding carboxylic acids is 1. The lowest BCUT2D eigenvalue weighted by molar-refractivity contribution is 0.0511. The fraction of sp³-hybridized carbons (Fsp3) is 0.500. The van der Waals surface area contributed by atoms with Crippen molar-refractivity contribution in [3.05, 3.63) is 88.6 Å². The van der Waals surface area contributed by atoms with Crippen LogP contribution in [-0.4, -0.2) is 73.4 Å². The number of hydrogen-bond donors (Lipinski definition) is 1. The van der Waals surface area contributed by atoms with E-state index in [2.05, 4.69) is 104 Å². The Hall–Kier alpha value is -3.03. The highest BCUT2D eigenvalue weighted by atomic mass is 32.3. The predicted octanol–water partition coefficient (Wildman–Crippen LogP) is 7.33. The Morgan fingerprint density at radius 2 is 1.84 bits per heavy atom. The first kappa shape index (κ1) is 32.9. The van der Waals surface area contributed by atoms with E-state index in [1.54, 1.807) is 0 Å². The monoisotopic (exact) mass is 605 g/mol. The summed E-state index contributed by atoms with van der Waals surface area (Å²) in [6.07, 6.45) is 13.6. The Morgan fingerprint density at radius 1 is 1.09 bits per heavy atom. The molecule has 2 aromatic rings. The molecule has 2 aromatic carbocycles. The molecule has 7 heteroatoms. The highest BCUT2D eigenvalue weighted by Gasteiger charge is 2.37. The molecule has 1 aliphatic carbocycles. The van der Waals surface area contributed by atoms with Crippen LogP contribution in [-0.2, 0) is 27.7 Å². The molecule has 234 valence electrons. The van der Waals surface area contributed by atoms with Gasteiger partial charge in [-0.2, -0.15) is 0 Å². The van der Waals surface area contributed by atoms with Crippen LogP contribution in [0.15, 0.2) is 71.4 Å². The van der Waals surface area contributed by atoms with Crippen LogP contribution in [0.5, 0.6) is 0 Å². The molecule has 0 bridgehead atoms. The number of rotatable bonds is 10. The van der Waals surface area contributed by atoms with Crippen LogP contribution in [0.1, 0.15) is 63.3 Å². The SMILES string of the molecule is CC/N=C1\C(=C(/C)c2cccc(C3(CNC(=O)OC(C)(C)C)CCc4ccccc4C3)c2)C=CN1COCCS(C)(C)C. The fourth-order valence-electron chi connectivity index (χ4n) is 5.75. The fourth-order valence-corrected chi connectivity index (χ4v) is 6.37. The maximum absolute atomic E-state index is 12.8. The van der Waals surface area contributed by atoms with Gasteiger partial charge in [0.25, 0.3) is 0 Å². The van der Waals surface area contributed by atoms with Crippen LogP contribution < -0.4 is 5.32 Å². The Kier molecular flexibility index (Phi) is 10.5. The Balaban J connectivity index is 1.62.